The Morgan fingerprint density at radius 3 is 2.89 bits per heavy atom. The molecule has 0 saturated heterocycles. The first-order chi connectivity index (χ1) is 8.58. The number of benzene rings is 1. The molecule has 1 amide bonds. The van der Waals surface area contributed by atoms with E-state index in [2.05, 4.69) is 5.32 Å². The Kier molecular flexibility index (Phi) is 5.28. The molecule has 0 unspecified atom stereocenters. The molecule has 0 aliphatic heterocycles. The van der Waals surface area contributed by atoms with E-state index in [1.807, 2.05) is 6.92 Å². The molecule has 4 nitrogen and oxygen atoms in total. The highest BCUT2D eigenvalue weighted by atomic mass is 19.1. The number of hydrogen-bond acceptors (Lipinski definition) is 3. The number of carbonyl (C=O) groups is 1. The van der Waals surface area contributed by atoms with Crippen molar-refractivity contribution in [2.75, 3.05) is 20.1 Å². The van der Waals surface area contributed by atoms with Gasteiger partial charge in [0.1, 0.15) is 11.9 Å². The lowest BCUT2D eigenvalue weighted by Crippen LogP contribution is -2.34. The highest BCUT2D eigenvalue weighted by Crippen LogP contribution is 2.13. The van der Waals surface area contributed by atoms with E-state index >= 15 is 0 Å². The first-order valence-corrected chi connectivity index (χ1v) is 5.71. The van der Waals surface area contributed by atoms with Gasteiger partial charge >= 0.3 is 0 Å². The zero-order chi connectivity index (χ0) is 13.5. The summed E-state index contributed by atoms with van der Waals surface area (Å²) in [5.41, 5.74) is 0.444. The number of carbonyl (C=O) groups excluding carboxylic acids is 1. The van der Waals surface area contributed by atoms with E-state index in [4.69, 9.17) is 5.26 Å². The van der Waals surface area contributed by atoms with Crippen molar-refractivity contribution in [1.82, 2.24) is 10.2 Å². The predicted octanol–water partition coefficient (Wildman–Crippen LogP) is 1.27. The minimum Gasteiger partial charge on any atom is -0.355 e. The minimum absolute atomic E-state index is 0.0268. The largest absolute Gasteiger partial charge is 0.355 e. The van der Waals surface area contributed by atoms with Crippen molar-refractivity contribution >= 4 is 5.91 Å². The lowest BCUT2D eigenvalue weighted by molar-refractivity contribution is -0.121. The lowest BCUT2D eigenvalue weighted by Gasteiger charge is -2.16. The molecule has 0 aliphatic rings. The Bertz CT molecular complexity index is 468. The van der Waals surface area contributed by atoms with Crippen LogP contribution in [0.5, 0.6) is 0 Å². The minimum atomic E-state index is -0.511. The van der Waals surface area contributed by atoms with Crippen molar-refractivity contribution in [2.45, 2.75) is 13.5 Å². The third-order valence-electron chi connectivity index (χ3n) is 2.43. The molecule has 0 aliphatic carbocycles. The summed E-state index contributed by atoms with van der Waals surface area (Å²) in [6.07, 6.45) is 0. The summed E-state index contributed by atoms with van der Waals surface area (Å²) in [7, 11) is 1.73. The van der Waals surface area contributed by atoms with Crippen molar-refractivity contribution < 1.29 is 9.18 Å². The van der Waals surface area contributed by atoms with Crippen LogP contribution in [0.2, 0.25) is 0 Å². The maximum atomic E-state index is 13.8. The Hall–Kier alpha value is -1.93. The number of likely N-dealkylation sites (N-methyl/N-ethyl adjacent to an activating group) is 2. The van der Waals surface area contributed by atoms with Crippen LogP contribution in [0.15, 0.2) is 18.2 Å². The normalized spacial score (nSPS) is 10.2. The summed E-state index contributed by atoms with van der Waals surface area (Å²) < 4.78 is 13.8. The lowest BCUT2D eigenvalue weighted by atomic mass is 10.1. The van der Waals surface area contributed by atoms with Crippen LogP contribution >= 0.6 is 0 Å². The third kappa shape index (κ3) is 3.82. The van der Waals surface area contributed by atoms with E-state index in [1.165, 1.54) is 6.07 Å². The van der Waals surface area contributed by atoms with Crippen molar-refractivity contribution in [3.63, 3.8) is 0 Å². The topological polar surface area (TPSA) is 56.1 Å². The Morgan fingerprint density at radius 1 is 1.56 bits per heavy atom. The summed E-state index contributed by atoms with van der Waals surface area (Å²) in [4.78, 5) is 13.1. The molecule has 0 fully saturated rings. The van der Waals surface area contributed by atoms with E-state index in [9.17, 15) is 9.18 Å². The molecule has 0 radical (unpaired) electrons. The Labute approximate surface area is 106 Å². The van der Waals surface area contributed by atoms with Crippen LogP contribution in [0.3, 0.4) is 0 Å². The van der Waals surface area contributed by atoms with E-state index in [1.54, 1.807) is 30.1 Å². The van der Waals surface area contributed by atoms with Gasteiger partial charge in [-0.15, -0.1) is 0 Å². The van der Waals surface area contributed by atoms with Crippen LogP contribution in [0.4, 0.5) is 4.39 Å². The molecule has 0 atom stereocenters. The average molecular weight is 249 g/mol. The number of nitriles is 1. The number of halogens is 1. The van der Waals surface area contributed by atoms with Gasteiger partial charge < -0.3 is 5.32 Å². The molecule has 0 aromatic heterocycles. The molecule has 0 heterocycles. The molecule has 0 bridgehead atoms. The highest BCUT2D eigenvalue weighted by Gasteiger charge is 2.11. The van der Waals surface area contributed by atoms with E-state index < -0.39 is 5.82 Å². The smallest absolute Gasteiger partial charge is 0.234 e. The first kappa shape index (κ1) is 14.1. The zero-order valence-corrected chi connectivity index (χ0v) is 10.5. The standard InChI is InChI=1S/C13H16FN3O/c1-3-16-12(18)9-17(2)8-11-6-4-5-10(7-15)13(11)14/h4-6H,3,8-9H2,1-2H3,(H,16,18). The van der Waals surface area contributed by atoms with Crippen LogP contribution in [-0.2, 0) is 11.3 Å². The molecular formula is C13H16FN3O. The van der Waals surface area contributed by atoms with Gasteiger partial charge in [-0.25, -0.2) is 4.39 Å². The fourth-order valence-corrected chi connectivity index (χ4v) is 1.63. The summed E-state index contributed by atoms with van der Waals surface area (Å²) in [6.45, 7) is 2.90. The van der Waals surface area contributed by atoms with E-state index in [0.717, 1.165) is 0 Å². The zero-order valence-electron chi connectivity index (χ0n) is 10.5. The van der Waals surface area contributed by atoms with Crippen molar-refractivity contribution in [2.24, 2.45) is 0 Å². The molecule has 1 N–H and O–H groups in total. The van der Waals surface area contributed by atoms with Crippen LogP contribution in [0.25, 0.3) is 0 Å². The maximum absolute atomic E-state index is 13.8. The molecular weight excluding hydrogens is 233 g/mol. The monoisotopic (exact) mass is 249 g/mol. The van der Waals surface area contributed by atoms with E-state index in [0.29, 0.717) is 18.7 Å². The van der Waals surface area contributed by atoms with Gasteiger partial charge in [0, 0.05) is 18.7 Å². The molecule has 0 saturated carbocycles. The molecule has 5 heteroatoms. The summed E-state index contributed by atoms with van der Waals surface area (Å²) in [6, 6.07) is 6.48. The molecule has 0 spiro atoms. The third-order valence-corrected chi connectivity index (χ3v) is 2.43. The van der Waals surface area contributed by atoms with Gasteiger partial charge in [-0.3, -0.25) is 9.69 Å². The average Bonchev–Trinajstić information content (AvgIpc) is 2.32. The van der Waals surface area contributed by atoms with Crippen molar-refractivity contribution in [3.05, 3.63) is 35.1 Å². The van der Waals surface area contributed by atoms with Crippen LogP contribution in [0.1, 0.15) is 18.1 Å². The first-order valence-electron chi connectivity index (χ1n) is 5.71. The van der Waals surface area contributed by atoms with Gasteiger partial charge in [0.15, 0.2) is 0 Å². The Morgan fingerprint density at radius 2 is 2.28 bits per heavy atom. The molecule has 96 valence electrons. The molecule has 18 heavy (non-hydrogen) atoms. The van der Waals surface area contributed by atoms with Crippen LogP contribution < -0.4 is 5.32 Å². The van der Waals surface area contributed by atoms with Gasteiger partial charge in [0.2, 0.25) is 5.91 Å². The number of amides is 1. The fourth-order valence-electron chi connectivity index (χ4n) is 1.63. The number of rotatable bonds is 5. The summed E-state index contributed by atoms with van der Waals surface area (Å²) >= 11 is 0. The number of nitrogens with one attached hydrogen (secondary N) is 1. The van der Waals surface area contributed by atoms with Gasteiger partial charge in [-0.05, 0) is 20.0 Å². The maximum Gasteiger partial charge on any atom is 0.234 e. The number of hydrogen-bond donors (Lipinski definition) is 1. The van der Waals surface area contributed by atoms with Crippen molar-refractivity contribution in [3.8, 4) is 6.07 Å². The SMILES string of the molecule is CCNC(=O)CN(C)Cc1cccc(C#N)c1F. The molecule has 1 aromatic rings. The summed E-state index contributed by atoms with van der Waals surface area (Å²) in [5, 5.41) is 11.4. The summed E-state index contributed by atoms with van der Waals surface area (Å²) in [5.74, 6) is -0.611. The van der Waals surface area contributed by atoms with E-state index in [-0.39, 0.29) is 18.0 Å². The van der Waals surface area contributed by atoms with Gasteiger partial charge in [0.25, 0.3) is 0 Å². The van der Waals surface area contributed by atoms with Gasteiger partial charge in [0.05, 0.1) is 12.1 Å². The second kappa shape index (κ2) is 6.72. The second-order valence-electron chi connectivity index (χ2n) is 4.02. The molecule has 1 rings (SSSR count). The fraction of sp³-hybridized carbons (Fsp3) is 0.385. The Balaban J connectivity index is 2.68. The van der Waals surface area contributed by atoms with Gasteiger partial charge in [-0.2, -0.15) is 5.26 Å². The molecule has 1 aromatic carbocycles. The van der Waals surface area contributed by atoms with Crippen LogP contribution in [0, 0.1) is 17.1 Å². The van der Waals surface area contributed by atoms with Crippen molar-refractivity contribution in [1.29, 1.82) is 5.26 Å². The quantitative estimate of drug-likeness (QED) is 0.854. The number of nitrogens with zero attached hydrogens (tertiary/aromatic N) is 2. The second-order valence-corrected chi connectivity index (χ2v) is 4.02. The predicted molar refractivity (Wildman–Crippen MR) is 66.1 cm³/mol. The van der Waals surface area contributed by atoms with Crippen LogP contribution in [-0.4, -0.2) is 30.9 Å². The highest BCUT2D eigenvalue weighted by molar-refractivity contribution is 5.77. The van der Waals surface area contributed by atoms with Gasteiger partial charge in [-0.1, -0.05) is 12.1 Å².